The van der Waals surface area contributed by atoms with Crippen LogP contribution in [-0.2, 0) is 45.7 Å². The zero-order valence-corrected chi connectivity index (χ0v) is 32.8. The molecule has 2 aliphatic heterocycles. The highest BCUT2D eigenvalue weighted by molar-refractivity contribution is 8.00. The Balaban J connectivity index is 1.59. The second-order valence-corrected chi connectivity index (χ2v) is 19.0. The average molecular weight is 745 g/mol. The van der Waals surface area contributed by atoms with E-state index in [2.05, 4.69) is 0 Å². The molecule has 0 aliphatic carbocycles. The van der Waals surface area contributed by atoms with E-state index < -0.39 is 28.1 Å². The third kappa shape index (κ3) is 10.7. The molecule has 4 amide bonds. The van der Waals surface area contributed by atoms with Crippen molar-refractivity contribution in [1.82, 2.24) is 0 Å². The van der Waals surface area contributed by atoms with Crippen molar-refractivity contribution >= 4 is 76.1 Å². The molecule has 0 radical (unpaired) electrons. The van der Waals surface area contributed by atoms with Crippen LogP contribution in [0, 0.1) is 0 Å². The Labute approximate surface area is 296 Å². The fourth-order valence-electron chi connectivity index (χ4n) is 5.81. The van der Waals surface area contributed by atoms with Crippen LogP contribution >= 0.6 is 23.5 Å². The van der Waals surface area contributed by atoms with Crippen LogP contribution in [-0.4, -0.2) is 103 Å². The normalized spacial score (nSPS) is 19.0. The first-order chi connectivity index (χ1) is 23.1. The fourth-order valence-corrected chi connectivity index (χ4v) is 13.8. The van der Waals surface area contributed by atoms with E-state index in [1.165, 1.54) is 33.3 Å². The molecule has 2 saturated heterocycles. The van der Waals surface area contributed by atoms with E-state index in [9.17, 15) is 19.2 Å². The number of imide groups is 2. The van der Waals surface area contributed by atoms with E-state index in [0.29, 0.717) is 74.6 Å². The van der Waals surface area contributed by atoms with E-state index >= 15 is 0 Å². The van der Waals surface area contributed by atoms with Crippen molar-refractivity contribution in [3.05, 3.63) is 24.3 Å². The average Bonchev–Trinajstić information content (AvgIpc) is 3.50. The number of thioether (sulfide) groups is 2. The first-order valence-electron chi connectivity index (χ1n) is 17.0. The summed E-state index contributed by atoms with van der Waals surface area (Å²) < 4.78 is 35.5. The summed E-state index contributed by atoms with van der Waals surface area (Å²) in [6.07, 6.45) is 1.60. The SMILES string of the molecule is CCO[Si](CCCSC1CC(=O)N(c2cccc(N3C(=O)CC(SCCC[Si](OCC)(OCC)OCC)C3=O)c2)C1=O)(OCC)OCC. The summed E-state index contributed by atoms with van der Waals surface area (Å²) in [5.74, 6) is 0.0547. The summed E-state index contributed by atoms with van der Waals surface area (Å²) in [4.78, 5) is 55.3. The maximum Gasteiger partial charge on any atom is 0.500 e. The van der Waals surface area contributed by atoms with E-state index in [0.717, 1.165) is 12.8 Å². The number of carbonyl (C=O) groups is 4. The third-order valence-corrected chi connectivity index (χ3v) is 16.5. The fraction of sp³-hybridized carbons (Fsp3) is 0.688. The monoisotopic (exact) mass is 744 g/mol. The van der Waals surface area contributed by atoms with Gasteiger partial charge in [0.05, 0.1) is 21.9 Å². The van der Waals surface area contributed by atoms with Gasteiger partial charge < -0.3 is 26.6 Å². The Bertz CT molecular complexity index is 1110. The highest BCUT2D eigenvalue weighted by Crippen LogP contribution is 2.36. The molecule has 1 aromatic rings. The summed E-state index contributed by atoms with van der Waals surface area (Å²) >= 11 is 2.88. The number of hydrogen-bond donors (Lipinski definition) is 0. The number of anilines is 2. The topological polar surface area (TPSA) is 130 Å². The Hall–Kier alpha value is -1.61. The number of rotatable bonds is 24. The van der Waals surface area contributed by atoms with E-state index in [1.54, 1.807) is 24.3 Å². The van der Waals surface area contributed by atoms with Gasteiger partial charge in [-0.3, -0.25) is 19.2 Å². The molecule has 1 aromatic carbocycles. The van der Waals surface area contributed by atoms with Gasteiger partial charge in [-0.25, -0.2) is 9.80 Å². The number of hydrogen-bond acceptors (Lipinski definition) is 12. The molecule has 2 fully saturated rings. The van der Waals surface area contributed by atoms with Gasteiger partial charge in [-0.15, -0.1) is 23.5 Å². The maximum absolute atomic E-state index is 13.4. The van der Waals surface area contributed by atoms with Gasteiger partial charge in [-0.2, -0.15) is 0 Å². The summed E-state index contributed by atoms with van der Waals surface area (Å²) in [6, 6.07) is 7.80. The van der Waals surface area contributed by atoms with E-state index in [4.69, 9.17) is 26.6 Å². The second-order valence-electron chi connectivity index (χ2n) is 11.0. The van der Waals surface area contributed by atoms with Crippen LogP contribution in [0.15, 0.2) is 24.3 Å². The van der Waals surface area contributed by atoms with Gasteiger partial charge in [0.2, 0.25) is 23.6 Å². The summed E-state index contributed by atoms with van der Waals surface area (Å²) in [6.45, 7) is 14.5. The first-order valence-corrected chi connectivity index (χ1v) is 23.0. The smallest absolute Gasteiger partial charge is 0.374 e. The number of amides is 4. The lowest BCUT2D eigenvalue weighted by molar-refractivity contribution is -0.122. The van der Waals surface area contributed by atoms with E-state index in [1.807, 2.05) is 41.5 Å². The molecule has 0 N–H and O–H groups in total. The van der Waals surface area contributed by atoms with E-state index in [-0.39, 0.29) is 36.5 Å². The third-order valence-electron chi connectivity index (χ3n) is 7.63. The molecule has 270 valence electrons. The molecule has 2 aliphatic rings. The predicted octanol–water partition coefficient (Wildman–Crippen LogP) is 5.29. The van der Waals surface area contributed by atoms with Gasteiger partial charge >= 0.3 is 17.6 Å². The van der Waals surface area contributed by atoms with Crippen molar-refractivity contribution in [1.29, 1.82) is 0 Å². The van der Waals surface area contributed by atoms with Crippen molar-refractivity contribution in [2.75, 3.05) is 60.9 Å². The first kappa shape index (κ1) is 40.8. The largest absolute Gasteiger partial charge is 0.500 e. The Morgan fingerprint density at radius 1 is 0.604 bits per heavy atom. The van der Waals surface area contributed by atoms with Crippen molar-refractivity contribution in [2.45, 2.75) is 89.8 Å². The van der Waals surface area contributed by atoms with Gasteiger partial charge in [-0.05, 0) is 84.1 Å². The van der Waals surface area contributed by atoms with Gasteiger partial charge in [0.1, 0.15) is 0 Å². The highest BCUT2D eigenvalue weighted by atomic mass is 32.2. The Morgan fingerprint density at radius 2 is 0.938 bits per heavy atom. The van der Waals surface area contributed by atoms with Crippen LogP contribution in [0.5, 0.6) is 0 Å². The molecule has 2 heterocycles. The van der Waals surface area contributed by atoms with Crippen molar-refractivity contribution in [3.63, 3.8) is 0 Å². The lowest BCUT2D eigenvalue weighted by Gasteiger charge is -2.28. The zero-order valence-electron chi connectivity index (χ0n) is 29.2. The molecule has 0 saturated carbocycles. The molecule has 0 bridgehead atoms. The van der Waals surface area contributed by atoms with Gasteiger partial charge in [0.15, 0.2) is 0 Å². The molecule has 12 nitrogen and oxygen atoms in total. The molecular formula is C32H52N2O10S2Si2. The van der Waals surface area contributed by atoms with Crippen molar-refractivity contribution in [2.24, 2.45) is 0 Å². The predicted molar refractivity (Wildman–Crippen MR) is 193 cm³/mol. The molecule has 3 rings (SSSR count). The molecule has 48 heavy (non-hydrogen) atoms. The quantitative estimate of drug-likeness (QED) is 0.0775. The number of benzene rings is 1. The molecule has 2 atom stereocenters. The van der Waals surface area contributed by atoms with Gasteiger partial charge in [-0.1, -0.05) is 6.07 Å². The Morgan fingerprint density at radius 3 is 1.25 bits per heavy atom. The molecule has 0 spiro atoms. The van der Waals surface area contributed by atoms with Crippen LogP contribution in [0.2, 0.25) is 12.1 Å². The lowest BCUT2D eigenvalue weighted by Crippen LogP contribution is -2.46. The van der Waals surface area contributed by atoms with Crippen molar-refractivity contribution < 1.29 is 45.7 Å². The van der Waals surface area contributed by atoms with Gasteiger partial charge in [0.25, 0.3) is 0 Å². The minimum absolute atomic E-state index is 0.0823. The molecule has 0 aromatic heterocycles. The number of carbonyl (C=O) groups excluding carboxylic acids is 4. The van der Waals surface area contributed by atoms with Crippen LogP contribution in [0.3, 0.4) is 0 Å². The van der Waals surface area contributed by atoms with Crippen LogP contribution in [0.4, 0.5) is 11.4 Å². The second kappa shape index (κ2) is 20.3. The van der Waals surface area contributed by atoms with Gasteiger partial charge in [0, 0.05) is 64.6 Å². The van der Waals surface area contributed by atoms with Crippen LogP contribution in [0.25, 0.3) is 0 Å². The molecule has 2 unspecified atom stereocenters. The molecular weight excluding hydrogens is 693 g/mol. The molecule has 16 heteroatoms. The maximum atomic E-state index is 13.4. The lowest BCUT2D eigenvalue weighted by atomic mass is 10.2. The van der Waals surface area contributed by atoms with Crippen molar-refractivity contribution in [3.8, 4) is 0 Å². The minimum atomic E-state index is -2.78. The summed E-state index contributed by atoms with van der Waals surface area (Å²) in [5, 5.41) is -1.04. The Kier molecular flexibility index (Phi) is 17.3. The number of nitrogens with zero attached hydrogens (tertiary/aromatic N) is 2. The minimum Gasteiger partial charge on any atom is -0.374 e. The zero-order chi connectivity index (χ0) is 35.2. The summed E-state index contributed by atoms with van der Waals surface area (Å²) in [5.41, 5.74) is 0.698. The highest BCUT2D eigenvalue weighted by Gasteiger charge is 2.44. The summed E-state index contributed by atoms with van der Waals surface area (Å²) in [7, 11) is -5.56. The standard InChI is InChI=1S/C32H52N2O10S2Si2/c1-7-39-47(40-8-2,41-9-3)20-14-18-45-27-23-29(35)33(31(27)37)25-16-13-17-26(22-25)34-30(36)24-28(32(34)38)46-19-15-21-48(42-10-4,43-11-5)44-12-6/h13,16-17,22,27-28H,7-12,14-15,18-21,23-24H2,1-6H3. The van der Waals surface area contributed by atoms with Crippen LogP contribution < -0.4 is 9.80 Å². The van der Waals surface area contributed by atoms with Crippen LogP contribution in [0.1, 0.15) is 67.2 Å².